The number of carbonyl (C=O) groups is 11. The van der Waals surface area contributed by atoms with E-state index < -0.39 is 146 Å². The first-order chi connectivity index (χ1) is 39.6. The number of fused-ring (bicyclic) bond motifs is 3. The van der Waals surface area contributed by atoms with Gasteiger partial charge in [-0.2, -0.15) is 0 Å². The first-order valence-corrected chi connectivity index (χ1v) is 26.6. The van der Waals surface area contributed by atoms with Gasteiger partial charge in [-0.05, 0) is 60.1 Å². The summed E-state index contributed by atoms with van der Waals surface area (Å²) in [6.07, 6.45) is 2.60. The number of rotatable bonds is 32. The highest BCUT2D eigenvalue weighted by molar-refractivity contribution is 5.99. The summed E-state index contributed by atoms with van der Waals surface area (Å²) in [6.45, 7) is 0.975. The van der Waals surface area contributed by atoms with Crippen molar-refractivity contribution in [2.24, 2.45) is 11.7 Å². The third-order valence-corrected chi connectivity index (χ3v) is 13.5. The number of aromatic nitrogens is 3. The molecule has 0 bridgehead atoms. The Morgan fingerprint density at radius 2 is 0.819 bits per heavy atom. The smallest absolute Gasteiger partial charge is 0.322 e. The second-order valence-corrected chi connectivity index (χ2v) is 20.2. The van der Waals surface area contributed by atoms with Gasteiger partial charge in [-0.25, -0.2) is 0 Å². The van der Waals surface area contributed by atoms with Crippen LogP contribution in [0.5, 0.6) is 0 Å². The average molecular weight is 1150 g/mol. The molecule has 3 aromatic heterocycles. The van der Waals surface area contributed by atoms with E-state index >= 15 is 0 Å². The zero-order valence-electron chi connectivity index (χ0n) is 45.4. The number of benzene rings is 3. The van der Waals surface area contributed by atoms with Crippen molar-refractivity contribution in [1.29, 1.82) is 0 Å². The molecule has 6 aromatic rings. The number of nitrogens with two attached hydrogens (primary N) is 1. The summed E-state index contributed by atoms with van der Waals surface area (Å²) in [5.74, 6) is -11.6. The number of aromatic amines is 3. The highest BCUT2D eigenvalue weighted by Crippen LogP contribution is 2.23. The van der Waals surface area contributed by atoms with E-state index in [9.17, 15) is 63.0 Å². The van der Waals surface area contributed by atoms with Crippen LogP contribution in [0.3, 0.4) is 0 Å². The summed E-state index contributed by atoms with van der Waals surface area (Å²) in [7, 11) is 0. The summed E-state index contributed by atoms with van der Waals surface area (Å²) >= 11 is 0. The van der Waals surface area contributed by atoms with Crippen LogP contribution in [-0.4, -0.2) is 163 Å². The fraction of sp³-hybridized carbons (Fsp3) is 0.375. The molecule has 17 N–H and O–H groups in total. The first kappa shape index (κ1) is 62.6. The molecule has 0 aliphatic heterocycles. The molecule has 442 valence electrons. The third kappa shape index (κ3) is 18.2. The molecule has 0 radical (unpaired) electrons. The van der Waals surface area contributed by atoms with E-state index in [-0.39, 0.29) is 38.0 Å². The lowest BCUT2D eigenvalue weighted by Crippen LogP contribution is -2.60. The van der Waals surface area contributed by atoms with Crippen molar-refractivity contribution < 1.29 is 73.2 Å². The zero-order valence-corrected chi connectivity index (χ0v) is 45.4. The number of carboxylic acid groups (broad SMARTS) is 3. The Labute approximate surface area is 474 Å². The van der Waals surface area contributed by atoms with Crippen LogP contribution in [0.4, 0.5) is 0 Å². The number of para-hydroxylation sites is 3. The summed E-state index contributed by atoms with van der Waals surface area (Å²) in [5.41, 5.74) is 9.60. The van der Waals surface area contributed by atoms with Crippen LogP contribution in [-0.2, 0) is 72.0 Å². The summed E-state index contributed by atoms with van der Waals surface area (Å²) in [5, 5.41) is 59.8. The van der Waals surface area contributed by atoms with E-state index in [1.807, 2.05) is 0 Å². The highest BCUT2D eigenvalue weighted by atomic mass is 16.4. The topological polar surface area (TPSA) is 438 Å². The number of aliphatic hydroxyl groups is 1. The summed E-state index contributed by atoms with van der Waals surface area (Å²) in [6, 6.07) is 11.1. The standard InChI is InChI=1S/C56H68N12O15/c1-29(2)19-41(65-56(83)45(28-69)68-50(77)36(57)15-17-47(71)72)53(80)67-44(22-32-25-60-39-14-8-5-11-35(32)39)55(82)66-42(20-30-23-58-37-12-6-3-9-33(30)37)52(79)61-26-46(70)63-43(21-31-24-59-38-13-7-4-10-34(31)38)54(81)64-40(16-18-48(73)74)51(78)62-27-49(75)76/h3-14,23-25,29,36,40-45,58-60,69H,15-22,26-28,57H2,1-2H3,(H,61,79)(H,62,78)(H,63,70)(H,64,81)(H,65,83)(H,66,82)(H,67,80)(H,68,77)(H,71,72)(H,73,74)(H,75,76)/t36-,40-,41-,42-,43-,44-,45-/m0/s1. The van der Waals surface area contributed by atoms with Crippen LogP contribution in [0.1, 0.15) is 62.6 Å². The average Bonchev–Trinajstić information content (AvgIpc) is 4.22. The maximum absolute atomic E-state index is 14.9. The largest absolute Gasteiger partial charge is 0.481 e. The van der Waals surface area contributed by atoms with Crippen molar-refractivity contribution in [2.75, 3.05) is 19.7 Å². The normalized spacial score (nSPS) is 13.8. The Kier molecular flexibility index (Phi) is 22.4. The molecule has 8 amide bonds. The van der Waals surface area contributed by atoms with Gasteiger partial charge in [0.05, 0.1) is 19.2 Å². The van der Waals surface area contributed by atoms with Crippen LogP contribution in [0.15, 0.2) is 91.4 Å². The molecule has 27 heteroatoms. The van der Waals surface area contributed by atoms with Crippen molar-refractivity contribution in [3.63, 3.8) is 0 Å². The summed E-state index contributed by atoms with van der Waals surface area (Å²) in [4.78, 5) is 155. The lowest BCUT2D eigenvalue weighted by molar-refractivity contribution is -0.140. The molecule has 0 saturated carbocycles. The van der Waals surface area contributed by atoms with Gasteiger partial charge in [0.25, 0.3) is 0 Å². The number of H-pyrrole nitrogens is 3. The fourth-order valence-corrected chi connectivity index (χ4v) is 9.22. The van der Waals surface area contributed by atoms with Crippen LogP contribution in [0, 0.1) is 5.92 Å². The molecule has 3 heterocycles. The SMILES string of the molecule is CC(C)C[C@H](NC(=O)[C@H](CO)NC(=O)[C@@H](N)CCC(=O)O)C(=O)N[C@@H](Cc1c[nH]c2ccccc12)C(=O)N[C@@H](Cc1c[nH]c2ccccc12)C(=O)NCC(=O)N[C@@H](Cc1c[nH]c2ccccc12)C(=O)N[C@@H](CCC(=O)O)C(=O)NCC(=O)O. The van der Waals surface area contributed by atoms with Gasteiger partial charge in [0.1, 0.15) is 42.8 Å². The lowest BCUT2D eigenvalue weighted by Gasteiger charge is -2.27. The molecular formula is C56H68N12O15. The van der Waals surface area contributed by atoms with Gasteiger partial charge in [-0.1, -0.05) is 68.4 Å². The predicted molar refractivity (Wildman–Crippen MR) is 300 cm³/mol. The predicted octanol–water partition coefficient (Wildman–Crippen LogP) is -0.520. The van der Waals surface area contributed by atoms with Crippen molar-refractivity contribution in [1.82, 2.24) is 57.5 Å². The molecule has 0 saturated heterocycles. The lowest BCUT2D eigenvalue weighted by atomic mass is 9.99. The van der Waals surface area contributed by atoms with E-state index in [4.69, 9.17) is 15.9 Å². The molecule has 0 fully saturated rings. The molecule has 7 atom stereocenters. The number of hydrogen-bond donors (Lipinski definition) is 16. The maximum Gasteiger partial charge on any atom is 0.322 e. The maximum atomic E-state index is 14.9. The van der Waals surface area contributed by atoms with Gasteiger partial charge in [0, 0.05) is 83.4 Å². The first-order valence-electron chi connectivity index (χ1n) is 26.6. The van der Waals surface area contributed by atoms with Crippen molar-refractivity contribution in [2.45, 2.75) is 108 Å². The Morgan fingerprint density at radius 3 is 1.28 bits per heavy atom. The summed E-state index contributed by atoms with van der Waals surface area (Å²) < 4.78 is 0. The molecule has 3 aromatic carbocycles. The van der Waals surface area contributed by atoms with E-state index in [1.54, 1.807) is 105 Å². The Balaban J connectivity index is 1.26. The Bertz CT molecular complexity index is 3330. The van der Waals surface area contributed by atoms with Crippen molar-refractivity contribution in [3.05, 3.63) is 108 Å². The van der Waals surface area contributed by atoms with E-state index in [2.05, 4.69) is 57.5 Å². The van der Waals surface area contributed by atoms with Crippen LogP contribution in [0.2, 0.25) is 0 Å². The van der Waals surface area contributed by atoms with Crippen molar-refractivity contribution in [3.8, 4) is 0 Å². The molecule has 83 heavy (non-hydrogen) atoms. The number of carboxylic acids is 3. The van der Waals surface area contributed by atoms with Crippen LogP contribution in [0.25, 0.3) is 32.7 Å². The molecule has 6 rings (SSSR count). The third-order valence-electron chi connectivity index (χ3n) is 13.5. The van der Waals surface area contributed by atoms with Gasteiger partial charge in [0.2, 0.25) is 47.3 Å². The number of nitrogens with one attached hydrogen (secondary N) is 11. The van der Waals surface area contributed by atoms with E-state index in [1.165, 1.54) is 0 Å². The fourth-order valence-electron chi connectivity index (χ4n) is 9.22. The molecule has 0 spiro atoms. The number of aliphatic hydroxyl groups excluding tert-OH is 1. The zero-order chi connectivity index (χ0) is 60.3. The minimum Gasteiger partial charge on any atom is -0.481 e. The monoisotopic (exact) mass is 1150 g/mol. The minimum absolute atomic E-state index is 0.00535. The number of carbonyl (C=O) groups excluding carboxylic acids is 8. The second kappa shape index (κ2) is 29.7. The number of aliphatic carboxylic acids is 3. The van der Waals surface area contributed by atoms with Gasteiger partial charge >= 0.3 is 17.9 Å². The van der Waals surface area contributed by atoms with Crippen LogP contribution >= 0.6 is 0 Å². The quantitative estimate of drug-likeness (QED) is 0.0253. The van der Waals surface area contributed by atoms with E-state index in [0.29, 0.717) is 49.4 Å². The number of hydrogen-bond acceptors (Lipinski definition) is 13. The Morgan fingerprint density at radius 1 is 0.446 bits per heavy atom. The van der Waals surface area contributed by atoms with Gasteiger partial charge in [0.15, 0.2) is 0 Å². The minimum atomic E-state index is -1.62. The second-order valence-electron chi connectivity index (χ2n) is 20.2. The molecule has 0 unspecified atom stereocenters. The molecule has 0 aliphatic rings. The van der Waals surface area contributed by atoms with Crippen molar-refractivity contribution >= 4 is 97.9 Å². The highest BCUT2D eigenvalue weighted by Gasteiger charge is 2.34. The molecule has 0 aliphatic carbocycles. The van der Waals surface area contributed by atoms with Gasteiger partial charge in [-0.15, -0.1) is 0 Å². The van der Waals surface area contributed by atoms with Gasteiger partial charge in [-0.3, -0.25) is 52.7 Å². The Hall–Kier alpha value is -9.63. The van der Waals surface area contributed by atoms with Gasteiger partial charge < -0.3 is 83.6 Å². The van der Waals surface area contributed by atoms with Crippen LogP contribution < -0.4 is 48.3 Å². The molecule has 27 nitrogen and oxygen atoms in total. The molecular weight excluding hydrogens is 1080 g/mol. The van der Waals surface area contributed by atoms with E-state index in [0.717, 1.165) is 0 Å². The number of amides is 8.